The van der Waals surface area contributed by atoms with Crippen LogP contribution in [0.5, 0.6) is 5.75 Å². The van der Waals surface area contributed by atoms with Crippen LogP contribution in [0.25, 0.3) is 0 Å². The maximum atomic E-state index is 5.80. The fourth-order valence-electron chi connectivity index (χ4n) is 2.63. The average Bonchev–Trinajstić information content (AvgIpc) is 2.42. The summed E-state index contributed by atoms with van der Waals surface area (Å²) < 4.78 is 5.74. The predicted molar refractivity (Wildman–Crippen MR) is 82.0 cm³/mol. The Bertz CT molecular complexity index is 582. The maximum Gasteiger partial charge on any atom is 0.127 e. The first-order valence-electron chi connectivity index (χ1n) is 7.25. The number of benzene rings is 1. The molecule has 2 aromatic rings. The molecule has 1 aromatic carbocycles. The third-order valence-corrected chi connectivity index (χ3v) is 3.74. The lowest BCUT2D eigenvalue weighted by molar-refractivity contribution is 0.0698. The van der Waals surface area contributed by atoms with Gasteiger partial charge in [0.2, 0.25) is 0 Å². The van der Waals surface area contributed by atoms with Gasteiger partial charge in [0.15, 0.2) is 0 Å². The summed E-state index contributed by atoms with van der Waals surface area (Å²) in [5.74, 6) is 2.19. The number of rotatable bonds is 5. The molecule has 1 aromatic heterocycles. The van der Waals surface area contributed by atoms with Gasteiger partial charge in [-0.1, -0.05) is 18.2 Å². The minimum absolute atomic E-state index is 0.341. The van der Waals surface area contributed by atoms with Gasteiger partial charge in [-0.15, -0.1) is 0 Å². The zero-order chi connectivity index (χ0) is 14.7. The van der Waals surface area contributed by atoms with Crippen molar-refractivity contribution in [3.63, 3.8) is 0 Å². The van der Waals surface area contributed by atoms with Crippen molar-refractivity contribution in [2.75, 3.05) is 25.4 Å². The molecular formula is C16H20N4O. The topological polar surface area (TPSA) is 64.3 Å². The minimum Gasteiger partial charge on any atom is -0.492 e. The zero-order valence-electron chi connectivity index (χ0n) is 12.2. The second kappa shape index (κ2) is 6.10. The lowest BCUT2D eigenvalue weighted by Crippen LogP contribution is -2.43. The highest BCUT2D eigenvalue weighted by molar-refractivity contribution is 5.31. The summed E-state index contributed by atoms with van der Waals surface area (Å²) in [6.07, 6.45) is 1.11. The molecule has 2 heterocycles. The number of likely N-dealkylation sites (tertiary alicyclic amines) is 1. The summed E-state index contributed by atoms with van der Waals surface area (Å²) in [5.41, 5.74) is 6.82. The highest BCUT2D eigenvalue weighted by Crippen LogP contribution is 2.32. The van der Waals surface area contributed by atoms with Gasteiger partial charge >= 0.3 is 0 Å². The fraction of sp³-hybridized carbons (Fsp3) is 0.375. The van der Waals surface area contributed by atoms with Crippen molar-refractivity contribution < 1.29 is 4.74 Å². The molecule has 110 valence electrons. The third kappa shape index (κ3) is 3.31. The average molecular weight is 284 g/mol. The van der Waals surface area contributed by atoms with Crippen LogP contribution in [-0.4, -0.2) is 34.6 Å². The summed E-state index contributed by atoms with van der Waals surface area (Å²) >= 11 is 0. The lowest BCUT2D eigenvalue weighted by Gasteiger charge is -2.40. The lowest BCUT2D eigenvalue weighted by atomic mass is 9.99. The Hall–Kier alpha value is -2.14. The first-order chi connectivity index (χ1) is 10.2. The number of aromatic nitrogens is 2. The Labute approximate surface area is 124 Å². The van der Waals surface area contributed by atoms with Crippen LogP contribution in [0.1, 0.15) is 24.0 Å². The van der Waals surface area contributed by atoms with Crippen LogP contribution in [-0.2, 0) is 0 Å². The van der Waals surface area contributed by atoms with Gasteiger partial charge < -0.3 is 10.5 Å². The van der Waals surface area contributed by atoms with E-state index in [2.05, 4.69) is 14.9 Å². The molecule has 1 aliphatic rings. The number of nitrogen functional groups attached to an aromatic ring is 1. The Morgan fingerprint density at radius 1 is 1.29 bits per heavy atom. The molecule has 0 unspecified atom stereocenters. The summed E-state index contributed by atoms with van der Waals surface area (Å²) in [5, 5.41) is 0. The van der Waals surface area contributed by atoms with Crippen LogP contribution in [0, 0.1) is 6.92 Å². The first-order valence-corrected chi connectivity index (χ1v) is 7.25. The first kappa shape index (κ1) is 13.8. The van der Waals surface area contributed by atoms with Gasteiger partial charge in [-0.05, 0) is 25.5 Å². The quantitative estimate of drug-likeness (QED) is 0.912. The molecule has 1 saturated heterocycles. The molecule has 0 saturated carbocycles. The zero-order valence-corrected chi connectivity index (χ0v) is 12.2. The van der Waals surface area contributed by atoms with Crippen molar-refractivity contribution in [1.29, 1.82) is 0 Å². The number of ether oxygens (including phenoxy) is 1. The van der Waals surface area contributed by atoms with Crippen LogP contribution in [0.3, 0.4) is 0 Å². The molecule has 0 spiro atoms. The fourth-order valence-corrected chi connectivity index (χ4v) is 2.63. The Morgan fingerprint density at radius 2 is 2.10 bits per heavy atom. The van der Waals surface area contributed by atoms with Gasteiger partial charge in [-0.25, -0.2) is 9.97 Å². The third-order valence-electron chi connectivity index (χ3n) is 3.74. The van der Waals surface area contributed by atoms with E-state index in [4.69, 9.17) is 10.5 Å². The monoisotopic (exact) mass is 284 g/mol. The number of anilines is 1. The second-order valence-corrected chi connectivity index (χ2v) is 5.27. The number of aryl methyl sites for hydroxylation is 1. The van der Waals surface area contributed by atoms with E-state index in [1.165, 1.54) is 0 Å². The van der Waals surface area contributed by atoms with Crippen LogP contribution < -0.4 is 10.5 Å². The second-order valence-electron chi connectivity index (χ2n) is 5.27. The van der Waals surface area contributed by atoms with E-state index in [0.29, 0.717) is 18.5 Å². The number of hydrogen-bond donors (Lipinski definition) is 1. The Kier molecular flexibility index (Phi) is 4.01. The van der Waals surface area contributed by atoms with Crippen molar-refractivity contribution in [2.45, 2.75) is 19.4 Å². The van der Waals surface area contributed by atoms with Crippen LogP contribution in [0.2, 0.25) is 0 Å². The minimum atomic E-state index is 0.341. The summed E-state index contributed by atoms with van der Waals surface area (Å²) in [6.45, 7) is 4.52. The van der Waals surface area contributed by atoms with Gasteiger partial charge in [0, 0.05) is 19.2 Å². The van der Waals surface area contributed by atoms with Gasteiger partial charge in [-0.3, -0.25) is 4.90 Å². The van der Waals surface area contributed by atoms with E-state index in [1.54, 1.807) is 0 Å². The largest absolute Gasteiger partial charge is 0.492 e. The normalized spacial score (nSPS) is 18.2. The van der Waals surface area contributed by atoms with E-state index < -0.39 is 0 Å². The molecule has 0 aliphatic carbocycles. The molecule has 5 nitrogen and oxygen atoms in total. The molecule has 21 heavy (non-hydrogen) atoms. The molecule has 1 atom stereocenters. The summed E-state index contributed by atoms with van der Waals surface area (Å²) in [7, 11) is 0. The van der Waals surface area contributed by atoms with Gasteiger partial charge in [0.25, 0.3) is 0 Å². The molecule has 0 bridgehead atoms. The van der Waals surface area contributed by atoms with Crippen molar-refractivity contribution in [3.05, 3.63) is 47.9 Å². The Balaban J connectivity index is 1.55. The standard InChI is InChI=1S/C16H20N4O/c1-12-18-14(11-16(17)19-12)15-7-8-20(15)9-10-21-13-5-3-2-4-6-13/h2-6,11,15H,7-10H2,1H3,(H2,17,18,19)/t15-/m1/s1. The van der Waals surface area contributed by atoms with E-state index in [1.807, 2.05) is 43.3 Å². The summed E-state index contributed by atoms with van der Waals surface area (Å²) in [6, 6.07) is 12.1. The van der Waals surface area contributed by atoms with E-state index >= 15 is 0 Å². The van der Waals surface area contributed by atoms with Crippen molar-refractivity contribution in [1.82, 2.24) is 14.9 Å². The van der Waals surface area contributed by atoms with Crippen molar-refractivity contribution in [2.24, 2.45) is 0 Å². The van der Waals surface area contributed by atoms with E-state index in [0.717, 1.165) is 36.8 Å². The maximum absolute atomic E-state index is 5.80. The molecule has 0 amide bonds. The van der Waals surface area contributed by atoms with E-state index in [9.17, 15) is 0 Å². The molecule has 1 fully saturated rings. The van der Waals surface area contributed by atoms with Crippen LogP contribution >= 0.6 is 0 Å². The van der Waals surface area contributed by atoms with Crippen molar-refractivity contribution in [3.8, 4) is 5.75 Å². The number of nitrogens with two attached hydrogens (primary N) is 1. The number of hydrogen-bond acceptors (Lipinski definition) is 5. The van der Waals surface area contributed by atoms with E-state index in [-0.39, 0.29) is 0 Å². The van der Waals surface area contributed by atoms with Gasteiger partial charge in [-0.2, -0.15) is 0 Å². The summed E-state index contributed by atoms with van der Waals surface area (Å²) in [4.78, 5) is 11.0. The van der Waals surface area contributed by atoms with Crippen LogP contribution in [0.15, 0.2) is 36.4 Å². The highest BCUT2D eigenvalue weighted by Gasteiger charge is 2.30. The SMILES string of the molecule is Cc1nc(N)cc([C@H]2CCN2CCOc2ccccc2)n1. The number of para-hydroxylation sites is 1. The van der Waals surface area contributed by atoms with Crippen molar-refractivity contribution >= 4 is 5.82 Å². The van der Waals surface area contributed by atoms with Gasteiger partial charge in [0.1, 0.15) is 24.0 Å². The smallest absolute Gasteiger partial charge is 0.127 e. The molecular weight excluding hydrogens is 264 g/mol. The predicted octanol–water partition coefficient (Wildman–Crippen LogP) is 2.19. The molecule has 2 N–H and O–H groups in total. The Morgan fingerprint density at radius 3 is 2.76 bits per heavy atom. The molecule has 5 heteroatoms. The number of nitrogens with zero attached hydrogens (tertiary/aromatic N) is 3. The van der Waals surface area contributed by atoms with Gasteiger partial charge in [0.05, 0.1) is 11.7 Å². The van der Waals surface area contributed by atoms with Crippen LogP contribution in [0.4, 0.5) is 5.82 Å². The highest BCUT2D eigenvalue weighted by atomic mass is 16.5. The molecule has 1 aliphatic heterocycles. The molecule has 3 rings (SSSR count). The molecule has 0 radical (unpaired) electrons.